The van der Waals surface area contributed by atoms with Crippen LogP contribution in [0.15, 0.2) is 0 Å². The Morgan fingerprint density at radius 3 is 2.53 bits per heavy atom. The van der Waals surface area contributed by atoms with Crippen LogP contribution in [-0.2, 0) is 14.3 Å². The van der Waals surface area contributed by atoms with Crippen molar-refractivity contribution in [3.8, 4) is 0 Å². The number of carbonyl (C=O) groups excluding carboxylic acids is 1. The highest BCUT2D eigenvalue weighted by Gasteiger charge is 2.46. The quantitative estimate of drug-likeness (QED) is 0.739. The lowest BCUT2D eigenvalue weighted by atomic mass is 9.83. The second-order valence-electron chi connectivity index (χ2n) is 5.30. The average Bonchev–Trinajstić information content (AvgIpc) is 2.70. The third-order valence-corrected chi connectivity index (χ3v) is 4.07. The van der Waals surface area contributed by atoms with Gasteiger partial charge in [-0.1, -0.05) is 0 Å². The monoisotopic (exact) mass is 242 g/mol. The largest absolute Gasteiger partial charge is 0.381 e. The van der Waals surface area contributed by atoms with Crippen LogP contribution in [0.1, 0.15) is 19.8 Å². The van der Waals surface area contributed by atoms with E-state index in [1.54, 1.807) is 0 Å². The summed E-state index contributed by atoms with van der Waals surface area (Å²) >= 11 is 0. The lowest BCUT2D eigenvalue weighted by Gasteiger charge is -2.37. The van der Waals surface area contributed by atoms with Gasteiger partial charge >= 0.3 is 0 Å². The first-order valence-corrected chi connectivity index (χ1v) is 6.24. The Labute approximate surface area is 102 Å². The molecule has 2 aliphatic rings. The third kappa shape index (κ3) is 2.32. The molecule has 2 atom stereocenters. The summed E-state index contributed by atoms with van der Waals surface area (Å²) in [7, 11) is 1.87. The fourth-order valence-corrected chi connectivity index (χ4v) is 2.55. The van der Waals surface area contributed by atoms with E-state index in [1.165, 1.54) is 0 Å². The molecule has 2 fully saturated rings. The summed E-state index contributed by atoms with van der Waals surface area (Å²) in [5.74, 6) is 0.106. The van der Waals surface area contributed by atoms with Gasteiger partial charge in [0, 0.05) is 32.3 Å². The summed E-state index contributed by atoms with van der Waals surface area (Å²) in [6.07, 6.45) is 1.82. The minimum Gasteiger partial charge on any atom is -0.381 e. The number of ether oxygens (including phenoxy) is 2. The topological polar surface area (TPSA) is 64.8 Å². The highest BCUT2D eigenvalue weighted by atomic mass is 16.5. The molecule has 0 spiro atoms. The van der Waals surface area contributed by atoms with E-state index in [9.17, 15) is 4.79 Å². The van der Waals surface area contributed by atoms with E-state index in [4.69, 9.17) is 15.2 Å². The smallest absolute Gasteiger partial charge is 0.232 e. The molecule has 2 heterocycles. The zero-order valence-corrected chi connectivity index (χ0v) is 10.6. The van der Waals surface area contributed by atoms with Gasteiger partial charge in [-0.3, -0.25) is 4.79 Å². The molecule has 98 valence electrons. The normalized spacial score (nSPS) is 34.9. The van der Waals surface area contributed by atoms with Gasteiger partial charge in [0.1, 0.15) is 0 Å². The lowest BCUT2D eigenvalue weighted by Crippen LogP contribution is -2.53. The molecule has 0 saturated carbocycles. The molecule has 0 bridgehead atoms. The summed E-state index contributed by atoms with van der Waals surface area (Å²) in [5, 5.41) is 0. The van der Waals surface area contributed by atoms with Crippen molar-refractivity contribution in [2.45, 2.75) is 31.8 Å². The summed E-state index contributed by atoms with van der Waals surface area (Å²) in [6, 6.07) is 0.0816. The molecule has 0 radical (unpaired) electrons. The van der Waals surface area contributed by atoms with Crippen molar-refractivity contribution in [1.29, 1.82) is 0 Å². The van der Waals surface area contributed by atoms with E-state index >= 15 is 0 Å². The fraction of sp³-hybridized carbons (Fsp3) is 0.917. The number of nitrogens with two attached hydrogens (primary N) is 1. The molecule has 0 aromatic heterocycles. The molecule has 2 aliphatic heterocycles. The molecule has 1 amide bonds. The highest BCUT2D eigenvalue weighted by molar-refractivity contribution is 5.83. The summed E-state index contributed by atoms with van der Waals surface area (Å²) in [4.78, 5) is 14.3. The molecule has 0 aliphatic carbocycles. The maximum atomic E-state index is 12.5. The molecule has 0 aromatic rings. The van der Waals surface area contributed by atoms with Gasteiger partial charge in [-0.25, -0.2) is 0 Å². The first-order valence-electron chi connectivity index (χ1n) is 6.24. The van der Waals surface area contributed by atoms with Gasteiger partial charge in [-0.05, 0) is 19.8 Å². The van der Waals surface area contributed by atoms with Crippen LogP contribution in [0.25, 0.3) is 0 Å². The Bertz CT molecular complexity index is 291. The standard InChI is InChI=1S/C12H22N2O3/c1-12(8-17-7-10(12)13)11(15)14(2)9-3-5-16-6-4-9/h9-10H,3-8,13H2,1-2H3. The predicted molar refractivity (Wildman–Crippen MR) is 63.5 cm³/mol. The van der Waals surface area contributed by atoms with E-state index in [1.807, 2.05) is 18.9 Å². The van der Waals surface area contributed by atoms with Crippen LogP contribution in [0.3, 0.4) is 0 Å². The van der Waals surface area contributed by atoms with Gasteiger partial charge in [0.05, 0.1) is 18.6 Å². The van der Waals surface area contributed by atoms with Gasteiger partial charge in [-0.2, -0.15) is 0 Å². The van der Waals surface area contributed by atoms with Gasteiger partial charge in [-0.15, -0.1) is 0 Å². The Hall–Kier alpha value is -0.650. The highest BCUT2D eigenvalue weighted by Crippen LogP contribution is 2.30. The molecular formula is C12H22N2O3. The maximum absolute atomic E-state index is 12.5. The first kappa shape index (κ1) is 12.8. The SMILES string of the molecule is CN(C(=O)C1(C)COCC1N)C1CCOCC1. The summed E-state index contributed by atoms with van der Waals surface area (Å²) < 4.78 is 10.6. The van der Waals surface area contributed by atoms with Crippen LogP contribution in [0.4, 0.5) is 0 Å². The molecular weight excluding hydrogens is 220 g/mol. The lowest BCUT2D eigenvalue weighted by molar-refractivity contribution is -0.144. The third-order valence-electron chi connectivity index (χ3n) is 4.07. The van der Waals surface area contributed by atoms with Crippen molar-refractivity contribution >= 4 is 5.91 Å². The van der Waals surface area contributed by atoms with Crippen molar-refractivity contribution in [1.82, 2.24) is 4.90 Å². The molecule has 2 N–H and O–H groups in total. The fourth-order valence-electron chi connectivity index (χ4n) is 2.55. The second-order valence-corrected chi connectivity index (χ2v) is 5.30. The summed E-state index contributed by atoms with van der Waals surface area (Å²) in [6.45, 7) is 4.29. The summed E-state index contributed by atoms with van der Waals surface area (Å²) in [5.41, 5.74) is 5.42. The Morgan fingerprint density at radius 1 is 1.35 bits per heavy atom. The van der Waals surface area contributed by atoms with Crippen LogP contribution >= 0.6 is 0 Å². The molecule has 2 saturated heterocycles. The van der Waals surface area contributed by atoms with Gasteiger partial charge < -0.3 is 20.1 Å². The van der Waals surface area contributed by atoms with Crippen LogP contribution in [0.5, 0.6) is 0 Å². The van der Waals surface area contributed by atoms with Crippen molar-refractivity contribution in [3.05, 3.63) is 0 Å². The Morgan fingerprint density at radius 2 is 2.00 bits per heavy atom. The molecule has 2 rings (SSSR count). The Kier molecular flexibility index (Phi) is 3.70. The number of hydrogen-bond donors (Lipinski definition) is 1. The molecule has 2 unspecified atom stereocenters. The van der Waals surface area contributed by atoms with Crippen LogP contribution in [-0.4, -0.2) is 56.4 Å². The van der Waals surface area contributed by atoms with E-state index in [2.05, 4.69) is 0 Å². The van der Waals surface area contributed by atoms with E-state index < -0.39 is 5.41 Å². The van der Waals surface area contributed by atoms with Crippen molar-refractivity contribution in [2.24, 2.45) is 11.1 Å². The molecule has 5 nitrogen and oxygen atoms in total. The van der Waals surface area contributed by atoms with E-state index in [0.29, 0.717) is 13.2 Å². The zero-order chi connectivity index (χ0) is 12.5. The van der Waals surface area contributed by atoms with E-state index in [0.717, 1.165) is 26.1 Å². The Balaban J connectivity index is 2.03. The first-order chi connectivity index (χ1) is 8.05. The van der Waals surface area contributed by atoms with Gasteiger partial charge in [0.2, 0.25) is 5.91 Å². The number of hydrogen-bond acceptors (Lipinski definition) is 4. The van der Waals surface area contributed by atoms with Crippen molar-refractivity contribution in [2.75, 3.05) is 33.5 Å². The van der Waals surface area contributed by atoms with Gasteiger partial charge in [0.15, 0.2) is 0 Å². The predicted octanol–water partition coefficient (Wildman–Crippen LogP) is -0.0124. The molecule has 17 heavy (non-hydrogen) atoms. The van der Waals surface area contributed by atoms with Crippen LogP contribution < -0.4 is 5.73 Å². The van der Waals surface area contributed by atoms with Crippen molar-refractivity contribution < 1.29 is 14.3 Å². The molecule has 0 aromatic carbocycles. The molecule has 5 heteroatoms. The van der Waals surface area contributed by atoms with Crippen LogP contribution in [0, 0.1) is 5.41 Å². The van der Waals surface area contributed by atoms with Crippen LogP contribution in [0.2, 0.25) is 0 Å². The van der Waals surface area contributed by atoms with Crippen molar-refractivity contribution in [3.63, 3.8) is 0 Å². The van der Waals surface area contributed by atoms with E-state index in [-0.39, 0.29) is 18.0 Å². The minimum atomic E-state index is -0.562. The average molecular weight is 242 g/mol. The maximum Gasteiger partial charge on any atom is 0.232 e. The van der Waals surface area contributed by atoms with Gasteiger partial charge in [0.25, 0.3) is 0 Å². The second kappa shape index (κ2) is 4.92. The zero-order valence-electron chi connectivity index (χ0n) is 10.6. The number of rotatable bonds is 2. The minimum absolute atomic E-state index is 0.106. The number of nitrogens with zero attached hydrogens (tertiary/aromatic N) is 1. The number of carbonyl (C=O) groups is 1. The number of amides is 1.